The fraction of sp³-hybridized carbons (Fsp3) is 0.710. The highest BCUT2D eigenvalue weighted by Crippen LogP contribution is 2.41. The number of aliphatic hydroxyl groups excluding tert-OH is 1. The maximum absolute atomic E-state index is 13.0. The number of aromatic nitrogens is 1. The van der Waals surface area contributed by atoms with Crippen LogP contribution in [0.1, 0.15) is 97.9 Å². The lowest BCUT2D eigenvalue weighted by molar-refractivity contribution is -0.163. The van der Waals surface area contributed by atoms with E-state index < -0.39 is 41.3 Å². The van der Waals surface area contributed by atoms with Crippen molar-refractivity contribution >= 4 is 30.0 Å². The highest BCUT2D eigenvalue weighted by molar-refractivity contribution is 6.09. The predicted octanol–water partition coefficient (Wildman–Crippen LogP) is 3.30. The summed E-state index contributed by atoms with van der Waals surface area (Å²) in [5.41, 5.74) is 4.93. The zero-order chi connectivity index (χ0) is 31.9. The number of carbonyl (C=O) groups excluding carboxylic acids is 3. The van der Waals surface area contributed by atoms with Gasteiger partial charge in [0.2, 0.25) is 5.91 Å². The van der Waals surface area contributed by atoms with E-state index in [1.165, 1.54) is 0 Å². The first kappa shape index (κ1) is 34.4. The molecular weight excluding hydrogens is 554 g/mol. The minimum atomic E-state index is -1.42. The average Bonchev–Trinajstić information content (AvgIpc) is 3.70. The third kappa shape index (κ3) is 8.30. The third-order valence-electron chi connectivity index (χ3n) is 8.68. The number of carbonyl (C=O) groups is 3. The van der Waals surface area contributed by atoms with Crippen LogP contribution in [0.2, 0.25) is 0 Å². The Hall–Kier alpha value is -3.09. The Morgan fingerprint density at radius 3 is 2.49 bits per heavy atom. The molecule has 6 N–H and O–H groups in total. The van der Waals surface area contributed by atoms with Gasteiger partial charge in [0, 0.05) is 12.3 Å². The number of nitrogens with one attached hydrogen (secondary N) is 3. The van der Waals surface area contributed by atoms with Crippen LogP contribution in [0.5, 0.6) is 0 Å². The quantitative estimate of drug-likeness (QED) is 0.137. The van der Waals surface area contributed by atoms with E-state index in [2.05, 4.69) is 15.3 Å². The number of esters is 2. The molecule has 0 bridgehead atoms. The van der Waals surface area contributed by atoms with Gasteiger partial charge in [0.25, 0.3) is 0 Å². The summed E-state index contributed by atoms with van der Waals surface area (Å²) in [6, 6.07) is 2.35. The van der Waals surface area contributed by atoms with Gasteiger partial charge in [0.05, 0.1) is 11.4 Å². The minimum Gasteiger partial charge on any atom is -0.463 e. The molecule has 0 spiro atoms. The van der Waals surface area contributed by atoms with E-state index in [0.29, 0.717) is 36.6 Å². The van der Waals surface area contributed by atoms with Crippen molar-refractivity contribution in [3.63, 3.8) is 0 Å². The number of rotatable bonds is 12. The maximum atomic E-state index is 13.0. The molecule has 0 radical (unpaired) electrons. The van der Waals surface area contributed by atoms with Gasteiger partial charge in [0.1, 0.15) is 36.8 Å². The molecule has 1 amide bonds. The van der Waals surface area contributed by atoms with Crippen LogP contribution in [0.15, 0.2) is 17.1 Å². The largest absolute Gasteiger partial charge is 0.463 e. The highest BCUT2D eigenvalue weighted by Gasteiger charge is 2.56. The lowest BCUT2D eigenvalue weighted by Gasteiger charge is -2.29. The Balaban J connectivity index is 1.85. The molecule has 1 aliphatic heterocycles. The summed E-state index contributed by atoms with van der Waals surface area (Å²) in [6.45, 7) is 10.7. The SMILES string of the molecule is CCC(CC)C(=O)NC(=NC=N)c1ccc([C@]2(C)O[C@H](COC(=O)CC3CCCC3)[C@@H](OC(=O)[C@H](N)C(C)(C)C)[C@H]2O)[nH]1. The fourth-order valence-electron chi connectivity index (χ4n) is 5.64. The summed E-state index contributed by atoms with van der Waals surface area (Å²) in [6.07, 6.45) is 3.12. The molecule has 12 heteroatoms. The number of hydrogen-bond donors (Lipinski definition) is 5. The van der Waals surface area contributed by atoms with Crippen molar-refractivity contribution in [3.8, 4) is 0 Å². The first-order valence-electron chi connectivity index (χ1n) is 15.3. The predicted molar refractivity (Wildman–Crippen MR) is 161 cm³/mol. The first-order valence-corrected chi connectivity index (χ1v) is 15.3. The van der Waals surface area contributed by atoms with E-state index in [9.17, 15) is 19.5 Å². The second-order valence-corrected chi connectivity index (χ2v) is 12.9. The number of aliphatic imine (C=N–C) groups is 1. The van der Waals surface area contributed by atoms with Crippen LogP contribution in [0.3, 0.4) is 0 Å². The van der Waals surface area contributed by atoms with Gasteiger partial charge < -0.3 is 35.4 Å². The molecule has 0 aromatic carbocycles. The summed E-state index contributed by atoms with van der Waals surface area (Å²) < 4.78 is 17.6. The van der Waals surface area contributed by atoms with Crippen LogP contribution in [0.4, 0.5) is 0 Å². The van der Waals surface area contributed by atoms with Gasteiger partial charge in [-0.3, -0.25) is 19.8 Å². The Morgan fingerprint density at radius 1 is 1.26 bits per heavy atom. The molecule has 2 heterocycles. The molecule has 43 heavy (non-hydrogen) atoms. The minimum absolute atomic E-state index is 0.144. The van der Waals surface area contributed by atoms with Crippen molar-refractivity contribution in [1.82, 2.24) is 10.3 Å². The van der Waals surface area contributed by atoms with Crippen molar-refractivity contribution in [2.45, 2.75) is 116 Å². The number of aromatic amines is 1. The van der Waals surface area contributed by atoms with E-state index in [-0.39, 0.29) is 30.2 Å². The van der Waals surface area contributed by atoms with Gasteiger partial charge in [-0.25, -0.2) is 4.99 Å². The van der Waals surface area contributed by atoms with Crippen molar-refractivity contribution in [2.24, 2.45) is 28.0 Å². The Labute approximate surface area is 254 Å². The van der Waals surface area contributed by atoms with Gasteiger partial charge in [0.15, 0.2) is 11.9 Å². The molecule has 2 fully saturated rings. The Bertz CT molecular complexity index is 1170. The van der Waals surface area contributed by atoms with E-state index in [4.69, 9.17) is 25.4 Å². The van der Waals surface area contributed by atoms with Crippen LogP contribution in [-0.4, -0.2) is 71.1 Å². The number of nitrogens with zero attached hydrogens (tertiary/aromatic N) is 1. The van der Waals surface area contributed by atoms with E-state index >= 15 is 0 Å². The van der Waals surface area contributed by atoms with Gasteiger partial charge in [-0.2, -0.15) is 0 Å². The zero-order valence-corrected chi connectivity index (χ0v) is 26.3. The van der Waals surface area contributed by atoms with Crippen molar-refractivity contribution in [2.75, 3.05) is 6.61 Å². The molecule has 3 rings (SSSR count). The summed E-state index contributed by atoms with van der Waals surface area (Å²) in [5.74, 6) is -1.06. The van der Waals surface area contributed by atoms with E-state index in [1.807, 2.05) is 34.6 Å². The number of ether oxygens (including phenoxy) is 3. The van der Waals surface area contributed by atoms with E-state index in [0.717, 1.165) is 32.0 Å². The zero-order valence-electron chi connectivity index (χ0n) is 26.3. The molecule has 1 aromatic rings. The third-order valence-corrected chi connectivity index (χ3v) is 8.68. The second-order valence-electron chi connectivity index (χ2n) is 12.9. The molecule has 1 saturated carbocycles. The molecule has 0 unspecified atom stereocenters. The van der Waals surface area contributed by atoms with Crippen LogP contribution in [0, 0.1) is 22.7 Å². The molecule has 1 aromatic heterocycles. The summed E-state index contributed by atoms with van der Waals surface area (Å²) in [7, 11) is 0. The monoisotopic (exact) mass is 603 g/mol. The number of nitrogens with two attached hydrogens (primary N) is 1. The maximum Gasteiger partial charge on any atom is 0.323 e. The lowest BCUT2D eigenvalue weighted by Crippen LogP contribution is -2.48. The van der Waals surface area contributed by atoms with Crippen molar-refractivity contribution < 1.29 is 33.7 Å². The number of hydrogen-bond acceptors (Lipinski definition) is 9. The van der Waals surface area contributed by atoms with Crippen LogP contribution < -0.4 is 11.1 Å². The van der Waals surface area contributed by atoms with Gasteiger partial charge >= 0.3 is 11.9 Å². The van der Waals surface area contributed by atoms with Gasteiger partial charge in [-0.05, 0) is 56.1 Å². The average molecular weight is 604 g/mol. The summed E-state index contributed by atoms with van der Waals surface area (Å²) in [4.78, 5) is 45.5. The number of amides is 1. The summed E-state index contributed by atoms with van der Waals surface area (Å²) >= 11 is 0. The Kier molecular flexibility index (Phi) is 11.7. The number of H-pyrrole nitrogens is 1. The van der Waals surface area contributed by atoms with Gasteiger partial charge in [-0.1, -0.05) is 47.5 Å². The molecule has 1 aliphatic carbocycles. The summed E-state index contributed by atoms with van der Waals surface area (Å²) in [5, 5.41) is 21.8. The standard InChI is InChI=1S/C31H49N5O7/c1-7-19(8-2)28(39)36-27(34-17-32)20-13-14-22(35-20)31(6)26(38)24(42-29(40)25(33)30(3,4)5)21(43-31)16-41-23(37)15-18-11-9-10-12-18/h13-14,17-19,21,24-26,35,38H,7-12,15-16,33H2,1-6H3,(H2,32,34,36,39)/t21-,24-,25+,26-,31+/m1/s1. The Morgan fingerprint density at radius 2 is 1.91 bits per heavy atom. The highest BCUT2D eigenvalue weighted by atomic mass is 16.6. The number of aliphatic hydroxyl groups is 1. The normalized spacial score (nSPS) is 25.5. The van der Waals surface area contributed by atoms with Crippen molar-refractivity contribution in [1.29, 1.82) is 5.41 Å². The first-order chi connectivity index (χ1) is 20.2. The smallest absolute Gasteiger partial charge is 0.323 e. The molecule has 240 valence electrons. The van der Waals surface area contributed by atoms with E-state index in [1.54, 1.807) is 19.1 Å². The van der Waals surface area contributed by atoms with Crippen LogP contribution in [0.25, 0.3) is 0 Å². The van der Waals surface area contributed by atoms with Crippen LogP contribution >= 0.6 is 0 Å². The molecule has 12 nitrogen and oxygen atoms in total. The second kappa shape index (κ2) is 14.6. The van der Waals surface area contributed by atoms with Crippen molar-refractivity contribution in [3.05, 3.63) is 23.5 Å². The molecular formula is C31H49N5O7. The molecule has 1 saturated heterocycles. The molecule has 2 aliphatic rings. The topological polar surface area (TPSA) is 189 Å². The number of amidine groups is 1. The van der Waals surface area contributed by atoms with Gasteiger partial charge in [-0.15, -0.1) is 0 Å². The molecule has 5 atom stereocenters. The lowest BCUT2D eigenvalue weighted by atomic mass is 9.87. The fourth-order valence-corrected chi connectivity index (χ4v) is 5.64. The van der Waals surface area contributed by atoms with Crippen LogP contribution in [-0.2, 0) is 34.2 Å².